The minimum atomic E-state index is -0.117. The van der Waals surface area contributed by atoms with Gasteiger partial charge in [-0.3, -0.25) is 0 Å². The van der Waals surface area contributed by atoms with Gasteiger partial charge in [-0.2, -0.15) is 0 Å². The molecule has 1 N–H and O–H groups in total. The summed E-state index contributed by atoms with van der Waals surface area (Å²) in [6.45, 7) is 6.13. The Kier molecular flexibility index (Phi) is 5.21. The van der Waals surface area contributed by atoms with E-state index in [2.05, 4.69) is 41.3 Å². The molecule has 2 rings (SSSR count). The molecule has 0 unspecified atom stereocenters. The van der Waals surface area contributed by atoms with Crippen LogP contribution in [0.4, 0.5) is 0 Å². The molecule has 2 aromatic rings. The number of hydrogen-bond acceptors (Lipinski definition) is 4. The molecule has 1 aromatic carbocycles. The van der Waals surface area contributed by atoms with Crippen LogP contribution in [0.5, 0.6) is 0 Å². The second kappa shape index (κ2) is 7.12. The maximum absolute atomic E-state index is 5.77. The first-order valence-electron chi connectivity index (χ1n) is 6.78. The zero-order valence-electron chi connectivity index (χ0n) is 12.0. The molecule has 0 bridgehead atoms. The number of hydrogen-bond donors (Lipinski definition) is 1. The van der Waals surface area contributed by atoms with E-state index >= 15 is 0 Å². The summed E-state index contributed by atoms with van der Waals surface area (Å²) in [5.41, 5.74) is 1.07. The summed E-state index contributed by atoms with van der Waals surface area (Å²) >= 11 is 0. The summed E-state index contributed by atoms with van der Waals surface area (Å²) in [4.78, 5) is 8.39. The molecule has 106 valence electrons. The van der Waals surface area contributed by atoms with Crippen LogP contribution >= 0.6 is 0 Å². The topological polar surface area (TPSA) is 47.0 Å². The van der Waals surface area contributed by atoms with E-state index in [1.807, 2.05) is 24.3 Å². The highest BCUT2D eigenvalue weighted by molar-refractivity contribution is 5.13. The fourth-order valence-corrected chi connectivity index (χ4v) is 1.79. The lowest BCUT2D eigenvalue weighted by Gasteiger charge is -2.25. The maximum Gasteiger partial charge on any atom is 0.141 e. The van der Waals surface area contributed by atoms with Gasteiger partial charge in [0.2, 0.25) is 0 Å². The van der Waals surface area contributed by atoms with Crippen LogP contribution in [0.1, 0.15) is 25.2 Å². The molecule has 20 heavy (non-hydrogen) atoms. The standard InChI is InChI=1S/C16H21N3O/c1-16(2,19-11-15-17-9-6-10-18-15)13-20-12-14-7-4-3-5-8-14/h3-10,19H,11-13H2,1-2H3. The first-order chi connectivity index (χ1) is 9.66. The van der Waals surface area contributed by atoms with Crippen molar-refractivity contribution in [1.29, 1.82) is 0 Å². The van der Waals surface area contributed by atoms with E-state index < -0.39 is 0 Å². The van der Waals surface area contributed by atoms with Crippen LogP contribution in [0, 0.1) is 0 Å². The molecule has 0 atom stereocenters. The average molecular weight is 271 g/mol. The van der Waals surface area contributed by atoms with Crippen molar-refractivity contribution >= 4 is 0 Å². The first-order valence-corrected chi connectivity index (χ1v) is 6.78. The largest absolute Gasteiger partial charge is 0.375 e. The molecule has 0 saturated heterocycles. The third kappa shape index (κ3) is 5.07. The van der Waals surface area contributed by atoms with Crippen LogP contribution in [0.2, 0.25) is 0 Å². The van der Waals surface area contributed by atoms with Crippen molar-refractivity contribution in [2.24, 2.45) is 0 Å². The van der Waals surface area contributed by atoms with Gasteiger partial charge >= 0.3 is 0 Å². The quantitative estimate of drug-likeness (QED) is 0.840. The number of ether oxygens (including phenoxy) is 1. The summed E-state index contributed by atoms with van der Waals surface area (Å²) in [5, 5.41) is 3.41. The Balaban J connectivity index is 1.73. The van der Waals surface area contributed by atoms with E-state index in [1.54, 1.807) is 12.4 Å². The van der Waals surface area contributed by atoms with Gasteiger partial charge in [-0.15, -0.1) is 0 Å². The predicted molar refractivity (Wildman–Crippen MR) is 79.0 cm³/mol. The van der Waals surface area contributed by atoms with Gasteiger partial charge in [0.25, 0.3) is 0 Å². The van der Waals surface area contributed by atoms with Crippen LogP contribution in [-0.4, -0.2) is 22.1 Å². The van der Waals surface area contributed by atoms with Crippen molar-refractivity contribution < 1.29 is 4.74 Å². The minimum Gasteiger partial charge on any atom is -0.375 e. The van der Waals surface area contributed by atoms with E-state index in [9.17, 15) is 0 Å². The SMILES string of the molecule is CC(C)(COCc1ccccc1)NCc1ncccn1. The number of benzene rings is 1. The average Bonchev–Trinajstić information content (AvgIpc) is 2.47. The molecule has 0 radical (unpaired) electrons. The Morgan fingerprint density at radius 1 is 1.05 bits per heavy atom. The molecule has 0 saturated carbocycles. The van der Waals surface area contributed by atoms with Gasteiger partial charge in [0, 0.05) is 17.9 Å². The molecule has 4 nitrogen and oxygen atoms in total. The summed E-state index contributed by atoms with van der Waals surface area (Å²) in [7, 11) is 0. The molecule has 1 aromatic heterocycles. The van der Waals surface area contributed by atoms with E-state index in [0.29, 0.717) is 19.8 Å². The number of nitrogens with zero attached hydrogens (tertiary/aromatic N) is 2. The Morgan fingerprint density at radius 3 is 2.45 bits per heavy atom. The van der Waals surface area contributed by atoms with E-state index in [1.165, 1.54) is 5.56 Å². The zero-order chi connectivity index (χ0) is 14.3. The van der Waals surface area contributed by atoms with Crippen LogP contribution in [0.3, 0.4) is 0 Å². The van der Waals surface area contributed by atoms with Crippen molar-refractivity contribution in [3.05, 3.63) is 60.2 Å². The molecular weight excluding hydrogens is 250 g/mol. The monoisotopic (exact) mass is 271 g/mol. The van der Waals surface area contributed by atoms with Crippen molar-refractivity contribution in [3.63, 3.8) is 0 Å². The fraction of sp³-hybridized carbons (Fsp3) is 0.375. The molecule has 4 heteroatoms. The van der Waals surface area contributed by atoms with E-state index in [4.69, 9.17) is 4.74 Å². The highest BCUT2D eigenvalue weighted by Crippen LogP contribution is 2.07. The Morgan fingerprint density at radius 2 is 1.75 bits per heavy atom. The lowest BCUT2D eigenvalue weighted by atomic mass is 10.1. The van der Waals surface area contributed by atoms with E-state index in [0.717, 1.165) is 5.82 Å². The van der Waals surface area contributed by atoms with Crippen LogP contribution in [0.25, 0.3) is 0 Å². The van der Waals surface area contributed by atoms with E-state index in [-0.39, 0.29) is 5.54 Å². The Hall–Kier alpha value is -1.78. The second-order valence-electron chi connectivity index (χ2n) is 5.38. The smallest absolute Gasteiger partial charge is 0.141 e. The molecule has 0 amide bonds. The van der Waals surface area contributed by atoms with Gasteiger partial charge in [0.15, 0.2) is 0 Å². The van der Waals surface area contributed by atoms with Gasteiger partial charge in [0.05, 0.1) is 19.8 Å². The van der Waals surface area contributed by atoms with Crippen molar-refractivity contribution in [3.8, 4) is 0 Å². The van der Waals surface area contributed by atoms with Gasteiger partial charge < -0.3 is 10.1 Å². The highest BCUT2D eigenvalue weighted by atomic mass is 16.5. The summed E-state index contributed by atoms with van der Waals surface area (Å²) in [6.07, 6.45) is 3.51. The van der Waals surface area contributed by atoms with Crippen molar-refractivity contribution in [2.75, 3.05) is 6.61 Å². The maximum atomic E-state index is 5.77. The molecule has 0 aliphatic carbocycles. The summed E-state index contributed by atoms with van der Waals surface area (Å²) < 4.78 is 5.77. The van der Waals surface area contributed by atoms with Gasteiger partial charge in [-0.25, -0.2) is 9.97 Å². The third-order valence-corrected chi connectivity index (χ3v) is 2.92. The molecule has 0 fully saturated rings. The van der Waals surface area contributed by atoms with Gasteiger partial charge in [-0.1, -0.05) is 30.3 Å². The molecule has 1 heterocycles. The fourth-order valence-electron chi connectivity index (χ4n) is 1.79. The van der Waals surface area contributed by atoms with Crippen LogP contribution in [0.15, 0.2) is 48.8 Å². The van der Waals surface area contributed by atoms with Crippen molar-refractivity contribution in [2.45, 2.75) is 32.5 Å². The predicted octanol–water partition coefficient (Wildman–Crippen LogP) is 2.56. The van der Waals surface area contributed by atoms with Crippen LogP contribution in [-0.2, 0) is 17.9 Å². The normalized spacial score (nSPS) is 11.5. The molecular formula is C16H21N3O. The number of nitrogens with one attached hydrogen (secondary N) is 1. The zero-order valence-corrected chi connectivity index (χ0v) is 12.0. The number of rotatable bonds is 7. The minimum absolute atomic E-state index is 0.117. The summed E-state index contributed by atoms with van der Waals surface area (Å²) in [6, 6.07) is 12.0. The molecule has 0 aliphatic rings. The number of aromatic nitrogens is 2. The third-order valence-electron chi connectivity index (χ3n) is 2.92. The first kappa shape index (κ1) is 14.6. The molecule has 0 spiro atoms. The highest BCUT2D eigenvalue weighted by Gasteiger charge is 2.17. The van der Waals surface area contributed by atoms with Crippen LogP contribution < -0.4 is 5.32 Å². The summed E-state index contributed by atoms with van der Waals surface area (Å²) in [5.74, 6) is 0.795. The van der Waals surface area contributed by atoms with Crippen molar-refractivity contribution in [1.82, 2.24) is 15.3 Å². The van der Waals surface area contributed by atoms with Gasteiger partial charge in [-0.05, 0) is 25.5 Å². The Bertz CT molecular complexity index is 500. The lowest BCUT2D eigenvalue weighted by Crippen LogP contribution is -2.43. The van der Waals surface area contributed by atoms with Gasteiger partial charge in [0.1, 0.15) is 5.82 Å². The Labute approximate surface area is 120 Å². The lowest BCUT2D eigenvalue weighted by molar-refractivity contribution is 0.0701. The molecule has 0 aliphatic heterocycles. The second-order valence-corrected chi connectivity index (χ2v) is 5.38.